The van der Waals surface area contributed by atoms with Crippen molar-refractivity contribution in [3.63, 3.8) is 0 Å². The van der Waals surface area contributed by atoms with Gasteiger partial charge in [0.15, 0.2) is 0 Å². The highest BCUT2D eigenvalue weighted by Crippen LogP contribution is 2.32. The molecule has 0 aromatic heterocycles. The van der Waals surface area contributed by atoms with Crippen LogP contribution < -0.4 is 4.90 Å². The molecule has 0 aliphatic carbocycles. The Morgan fingerprint density at radius 3 is 2.60 bits per heavy atom. The Hall–Kier alpha value is -2.00. The summed E-state index contributed by atoms with van der Waals surface area (Å²) in [5, 5.41) is 18.1. The number of aliphatic hydroxyl groups excluding tert-OH is 1. The van der Waals surface area contributed by atoms with Crippen molar-refractivity contribution >= 4 is 5.69 Å². The van der Waals surface area contributed by atoms with Gasteiger partial charge in [-0.2, -0.15) is 18.4 Å². The fraction of sp³-hybridized carbons (Fsp3) is 0.357. The van der Waals surface area contributed by atoms with Gasteiger partial charge in [0.2, 0.25) is 0 Å². The smallest absolute Gasteiger partial charge is 0.392 e. The molecule has 1 aromatic rings. The van der Waals surface area contributed by atoms with Gasteiger partial charge in [-0.25, -0.2) is 0 Å². The average molecular weight is 282 g/mol. The van der Waals surface area contributed by atoms with Crippen molar-refractivity contribution < 1.29 is 18.3 Å². The number of rotatable bonds is 2. The van der Waals surface area contributed by atoms with E-state index in [2.05, 4.69) is 0 Å². The van der Waals surface area contributed by atoms with Crippen LogP contribution in [-0.4, -0.2) is 24.4 Å². The number of alkyl halides is 3. The van der Waals surface area contributed by atoms with Gasteiger partial charge in [0.05, 0.1) is 17.9 Å². The fourth-order valence-electron chi connectivity index (χ4n) is 2.19. The standard InChI is InChI=1S/C14H13F3N2O/c15-14(16,17)12-3-5-19(6-4-12)13-2-1-10(9-20)7-11(13)8-18/h1-3,7,20H,4-6,9H2. The Balaban J connectivity index is 2.23. The molecule has 0 saturated carbocycles. The number of aliphatic hydroxyl groups is 1. The molecule has 1 aliphatic rings. The maximum atomic E-state index is 12.5. The van der Waals surface area contributed by atoms with Gasteiger partial charge in [-0.3, -0.25) is 0 Å². The van der Waals surface area contributed by atoms with Crippen LogP contribution in [0.5, 0.6) is 0 Å². The Bertz CT molecular complexity index is 573. The molecule has 0 spiro atoms. The highest BCUT2D eigenvalue weighted by atomic mass is 19.4. The second-order valence-corrected chi connectivity index (χ2v) is 4.54. The molecule has 2 rings (SSSR count). The molecule has 1 N–H and O–H groups in total. The third-order valence-corrected chi connectivity index (χ3v) is 3.28. The van der Waals surface area contributed by atoms with Crippen LogP contribution in [0.1, 0.15) is 17.5 Å². The number of halogens is 3. The molecule has 106 valence electrons. The number of anilines is 1. The van der Waals surface area contributed by atoms with E-state index in [1.807, 2.05) is 6.07 Å². The summed E-state index contributed by atoms with van der Waals surface area (Å²) in [6, 6.07) is 6.90. The van der Waals surface area contributed by atoms with Crippen LogP contribution in [0.15, 0.2) is 29.8 Å². The van der Waals surface area contributed by atoms with E-state index < -0.39 is 11.7 Å². The quantitative estimate of drug-likeness (QED) is 0.848. The van der Waals surface area contributed by atoms with E-state index >= 15 is 0 Å². The molecular weight excluding hydrogens is 269 g/mol. The van der Waals surface area contributed by atoms with Crippen LogP contribution in [0.2, 0.25) is 0 Å². The average Bonchev–Trinajstić information content (AvgIpc) is 2.45. The third-order valence-electron chi connectivity index (χ3n) is 3.28. The number of hydrogen-bond acceptors (Lipinski definition) is 3. The highest BCUT2D eigenvalue weighted by molar-refractivity contribution is 5.61. The van der Waals surface area contributed by atoms with E-state index in [1.54, 1.807) is 23.1 Å². The molecule has 0 fully saturated rings. The maximum Gasteiger partial charge on any atom is 0.412 e. The van der Waals surface area contributed by atoms with Gasteiger partial charge in [-0.05, 0) is 24.1 Å². The second-order valence-electron chi connectivity index (χ2n) is 4.54. The van der Waals surface area contributed by atoms with Crippen LogP contribution in [0.25, 0.3) is 0 Å². The molecule has 1 aliphatic heterocycles. The number of benzene rings is 1. The zero-order valence-electron chi connectivity index (χ0n) is 10.6. The van der Waals surface area contributed by atoms with Crippen LogP contribution in [0.4, 0.5) is 18.9 Å². The number of nitrogens with zero attached hydrogens (tertiary/aromatic N) is 2. The lowest BCUT2D eigenvalue weighted by Crippen LogP contribution is -2.32. The molecule has 20 heavy (non-hydrogen) atoms. The lowest BCUT2D eigenvalue weighted by atomic mass is 10.0. The molecule has 0 amide bonds. The molecule has 6 heteroatoms. The van der Waals surface area contributed by atoms with Gasteiger partial charge in [0.1, 0.15) is 6.07 Å². The second kappa shape index (κ2) is 5.55. The van der Waals surface area contributed by atoms with Crippen molar-refractivity contribution in [3.05, 3.63) is 41.0 Å². The zero-order chi connectivity index (χ0) is 14.8. The molecular formula is C14H13F3N2O. The summed E-state index contributed by atoms with van der Waals surface area (Å²) in [7, 11) is 0. The Morgan fingerprint density at radius 1 is 1.35 bits per heavy atom. The van der Waals surface area contributed by atoms with Gasteiger partial charge >= 0.3 is 6.18 Å². The van der Waals surface area contributed by atoms with E-state index in [-0.39, 0.29) is 26.1 Å². The van der Waals surface area contributed by atoms with E-state index in [4.69, 9.17) is 10.4 Å². The fourth-order valence-corrected chi connectivity index (χ4v) is 2.19. The zero-order valence-corrected chi connectivity index (χ0v) is 10.6. The van der Waals surface area contributed by atoms with Crippen molar-refractivity contribution in [2.24, 2.45) is 0 Å². The van der Waals surface area contributed by atoms with E-state index in [9.17, 15) is 13.2 Å². The first-order chi connectivity index (χ1) is 9.45. The van der Waals surface area contributed by atoms with Crippen molar-refractivity contribution in [2.75, 3.05) is 18.0 Å². The number of hydrogen-bond donors (Lipinski definition) is 1. The molecule has 0 saturated heterocycles. The normalized spacial score (nSPS) is 15.8. The summed E-state index contributed by atoms with van der Waals surface area (Å²) < 4.78 is 37.6. The minimum atomic E-state index is -4.27. The Labute approximate surface area is 114 Å². The van der Waals surface area contributed by atoms with Gasteiger partial charge in [0, 0.05) is 18.7 Å². The SMILES string of the molecule is N#Cc1cc(CO)ccc1N1CC=C(C(F)(F)F)CC1. The van der Waals surface area contributed by atoms with Crippen molar-refractivity contribution in [2.45, 2.75) is 19.2 Å². The Kier molecular flexibility index (Phi) is 4.00. The van der Waals surface area contributed by atoms with Crippen LogP contribution >= 0.6 is 0 Å². The lowest BCUT2D eigenvalue weighted by molar-refractivity contribution is -0.0943. The molecule has 0 unspecified atom stereocenters. The van der Waals surface area contributed by atoms with Crippen molar-refractivity contribution in [1.29, 1.82) is 5.26 Å². The Morgan fingerprint density at radius 2 is 2.10 bits per heavy atom. The molecule has 3 nitrogen and oxygen atoms in total. The van der Waals surface area contributed by atoms with E-state index in [0.29, 0.717) is 16.8 Å². The predicted molar refractivity (Wildman–Crippen MR) is 68.0 cm³/mol. The molecule has 1 aromatic carbocycles. The molecule has 0 atom stereocenters. The van der Waals surface area contributed by atoms with Gasteiger partial charge in [0.25, 0.3) is 0 Å². The van der Waals surface area contributed by atoms with Gasteiger partial charge < -0.3 is 10.0 Å². The first kappa shape index (κ1) is 14.4. The minimum absolute atomic E-state index is 0.0872. The number of nitriles is 1. The maximum absolute atomic E-state index is 12.5. The van der Waals surface area contributed by atoms with Gasteiger partial charge in [-0.1, -0.05) is 12.1 Å². The largest absolute Gasteiger partial charge is 0.412 e. The molecule has 0 radical (unpaired) electrons. The summed E-state index contributed by atoms with van der Waals surface area (Å²) in [5.74, 6) is 0. The lowest BCUT2D eigenvalue weighted by Gasteiger charge is -2.29. The van der Waals surface area contributed by atoms with Crippen LogP contribution in [0, 0.1) is 11.3 Å². The monoisotopic (exact) mass is 282 g/mol. The summed E-state index contributed by atoms with van der Waals surface area (Å²) in [4.78, 5) is 1.73. The molecule has 1 heterocycles. The first-order valence-corrected chi connectivity index (χ1v) is 6.10. The summed E-state index contributed by atoms with van der Waals surface area (Å²) in [6.07, 6.45) is -3.20. The highest BCUT2D eigenvalue weighted by Gasteiger charge is 2.34. The topological polar surface area (TPSA) is 47.3 Å². The summed E-state index contributed by atoms with van der Waals surface area (Å²) >= 11 is 0. The summed E-state index contributed by atoms with van der Waals surface area (Å²) in [6.45, 7) is 0.174. The van der Waals surface area contributed by atoms with Crippen LogP contribution in [0.3, 0.4) is 0 Å². The van der Waals surface area contributed by atoms with Crippen molar-refractivity contribution in [1.82, 2.24) is 0 Å². The van der Waals surface area contributed by atoms with Crippen LogP contribution in [-0.2, 0) is 6.61 Å². The van der Waals surface area contributed by atoms with E-state index in [0.717, 1.165) is 6.08 Å². The summed E-state index contributed by atoms with van der Waals surface area (Å²) in [5.41, 5.74) is 1.05. The predicted octanol–water partition coefficient (Wildman–Crippen LogP) is 2.75. The van der Waals surface area contributed by atoms with Crippen molar-refractivity contribution in [3.8, 4) is 6.07 Å². The van der Waals surface area contributed by atoms with Gasteiger partial charge in [-0.15, -0.1) is 0 Å². The first-order valence-electron chi connectivity index (χ1n) is 6.10. The third kappa shape index (κ3) is 2.94. The minimum Gasteiger partial charge on any atom is -0.392 e. The molecule has 0 bridgehead atoms. The van der Waals surface area contributed by atoms with E-state index in [1.165, 1.54) is 0 Å².